The number of nitrogens with one attached hydrogen (secondary N) is 1. The van der Waals surface area contributed by atoms with Crippen LogP contribution in [0.2, 0.25) is 0 Å². The molecule has 0 spiro atoms. The van der Waals surface area contributed by atoms with E-state index >= 15 is 0 Å². The van der Waals surface area contributed by atoms with Crippen molar-refractivity contribution in [2.45, 2.75) is 59.6 Å². The van der Waals surface area contributed by atoms with Gasteiger partial charge in [-0.1, -0.05) is 44.6 Å². The number of piperazine rings is 1. The average molecular weight is 496 g/mol. The Morgan fingerprint density at radius 3 is 2.49 bits per heavy atom. The molecule has 8 nitrogen and oxygen atoms in total. The van der Waals surface area contributed by atoms with E-state index in [1.165, 1.54) is 5.56 Å². The Balaban J connectivity index is 1.37. The summed E-state index contributed by atoms with van der Waals surface area (Å²) in [6.07, 6.45) is 8.79. The highest BCUT2D eigenvalue weighted by atomic mass is 32.1. The van der Waals surface area contributed by atoms with E-state index in [0.29, 0.717) is 6.01 Å². The molecule has 0 saturated carbocycles. The molecule has 3 aromatic rings. The molecule has 1 N–H and O–H groups in total. The fourth-order valence-corrected chi connectivity index (χ4v) is 5.09. The molecule has 1 atom stereocenters. The number of aryl methyl sites for hydroxylation is 1. The minimum atomic E-state index is 0.143. The maximum atomic E-state index is 6.03. The molecule has 1 aliphatic rings. The molecule has 0 radical (unpaired) electrons. The van der Waals surface area contributed by atoms with Crippen molar-refractivity contribution in [2.75, 3.05) is 38.0 Å². The van der Waals surface area contributed by atoms with E-state index in [1.807, 2.05) is 31.6 Å². The summed E-state index contributed by atoms with van der Waals surface area (Å²) in [6, 6.07) is 4.61. The molecule has 0 bridgehead atoms. The van der Waals surface area contributed by atoms with Gasteiger partial charge >= 0.3 is 6.01 Å². The van der Waals surface area contributed by atoms with Gasteiger partial charge in [-0.15, -0.1) is 0 Å². The van der Waals surface area contributed by atoms with E-state index in [2.05, 4.69) is 56.9 Å². The number of hydrogen-bond donors (Lipinski definition) is 1. The first-order valence-electron chi connectivity index (χ1n) is 12.7. The van der Waals surface area contributed by atoms with Crippen molar-refractivity contribution in [3.05, 3.63) is 41.9 Å². The Bertz CT molecular complexity index is 1060. The van der Waals surface area contributed by atoms with Crippen LogP contribution >= 0.6 is 11.3 Å². The minimum absolute atomic E-state index is 0.143. The van der Waals surface area contributed by atoms with E-state index in [-0.39, 0.29) is 6.10 Å². The normalized spacial score (nSPS) is 15.8. The lowest BCUT2D eigenvalue weighted by Gasteiger charge is -2.33. The van der Waals surface area contributed by atoms with Crippen LogP contribution in [-0.4, -0.2) is 68.6 Å². The SMILES string of the molecule is CCCC(CC)Oc1ncc(C)c(-c2cnc(Nc3ccc(CN4CCN(CC)CC4)cn3)s2)n1. The Morgan fingerprint density at radius 2 is 1.80 bits per heavy atom. The highest BCUT2D eigenvalue weighted by molar-refractivity contribution is 7.18. The van der Waals surface area contributed by atoms with Crippen LogP contribution in [0.15, 0.2) is 30.7 Å². The zero-order valence-corrected chi connectivity index (χ0v) is 22.1. The predicted molar refractivity (Wildman–Crippen MR) is 142 cm³/mol. The summed E-state index contributed by atoms with van der Waals surface area (Å²) in [6.45, 7) is 15.1. The Kier molecular flexibility index (Phi) is 9.01. The van der Waals surface area contributed by atoms with Crippen molar-refractivity contribution >= 4 is 22.3 Å². The standard InChI is InChI=1S/C26H37N7OS/c1-5-8-21(6-2)34-25-28-15-19(4)24(31-25)22-17-29-26(35-22)30-23-10-9-20(16-27-23)18-33-13-11-32(7-3)12-14-33/h9-10,15-17,21H,5-8,11-14,18H2,1-4H3,(H,27,29,30). The van der Waals surface area contributed by atoms with Gasteiger partial charge in [-0.3, -0.25) is 4.90 Å². The number of pyridine rings is 1. The van der Waals surface area contributed by atoms with Gasteiger partial charge < -0.3 is 15.0 Å². The minimum Gasteiger partial charge on any atom is -0.460 e. The van der Waals surface area contributed by atoms with Gasteiger partial charge in [-0.25, -0.2) is 15.0 Å². The van der Waals surface area contributed by atoms with Gasteiger partial charge in [0.1, 0.15) is 11.9 Å². The first kappa shape index (κ1) is 25.5. The lowest BCUT2D eigenvalue weighted by atomic mass is 10.2. The van der Waals surface area contributed by atoms with Gasteiger partial charge in [0.25, 0.3) is 0 Å². The van der Waals surface area contributed by atoms with E-state index in [0.717, 1.165) is 85.6 Å². The number of likely N-dealkylation sites (N-methyl/N-ethyl adjacent to an activating group) is 1. The summed E-state index contributed by atoms with van der Waals surface area (Å²) >= 11 is 1.55. The summed E-state index contributed by atoms with van der Waals surface area (Å²) in [5, 5.41) is 4.12. The smallest absolute Gasteiger partial charge is 0.317 e. The molecule has 1 unspecified atom stereocenters. The van der Waals surface area contributed by atoms with Gasteiger partial charge in [0.05, 0.1) is 10.6 Å². The number of hydrogen-bond acceptors (Lipinski definition) is 9. The average Bonchev–Trinajstić information content (AvgIpc) is 3.34. The largest absolute Gasteiger partial charge is 0.460 e. The highest BCUT2D eigenvalue weighted by Gasteiger charge is 2.16. The first-order chi connectivity index (χ1) is 17.1. The molecule has 1 aliphatic heterocycles. The number of anilines is 2. The molecule has 0 aromatic carbocycles. The molecular formula is C26H37N7OS. The quantitative estimate of drug-likeness (QED) is 0.392. The van der Waals surface area contributed by atoms with Crippen molar-refractivity contribution in [1.82, 2.24) is 29.7 Å². The second-order valence-electron chi connectivity index (χ2n) is 9.04. The number of thiazole rings is 1. The Hall–Kier alpha value is -2.62. The summed E-state index contributed by atoms with van der Waals surface area (Å²) in [4.78, 5) is 24.2. The molecule has 3 aromatic heterocycles. The summed E-state index contributed by atoms with van der Waals surface area (Å²) in [5.74, 6) is 0.791. The third-order valence-electron chi connectivity index (χ3n) is 6.40. The first-order valence-corrected chi connectivity index (χ1v) is 13.5. The third kappa shape index (κ3) is 6.96. The molecule has 0 aliphatic carbocycles. The van der Waals surface area contributed by atoms with Gasteiger partial charge in [0.15, 0.2) is 5.13 Å². The molecule has 4 rings (SSSR count). The fourth-order valence-electron chi connectivity index (χ4n) is 4.21. The monoisotopic (exact) mass is 495 g/mol. The topological polar surface area (TPSA) is 79.3 Å². The lowest BCUT2D eigenvalue weighted by molar-refractivity contribution is 0.132. The van der Waals surface area contributed by atoms with E-state index < -0.39 is 0 Å². The van der Waals surface area contributed by atoms with Gasteiger partial charge in [0.2, 0.25) is 0 Å². The molecule has 1 fully saturated rings. The molecule has 188 valence electrons. The zero-order chi connectivity index (χ0) is 24.6. The molecule has 4 heterocycles. The number of nitrogens with zero attached hydrogens (tertiary/aromatic N) is 6. The second kappa shape index (κ2) is 12.4. The predicted octanol–water partition coefficient (Wildman–Crippen LogP) is 5.14. The highest BCUT2D eigenvalue weighted by Crippen LogP contribution is 2.32. The molecule has 0 amide bonds. The van der Waals surface area contributed by atoms with E-state index in [9.17, 15) is 0 Å². The van der Waals surface area contributed by atoms with Crippen LogP contribution in [0.3, 0.4) is 0 Å². The van der Waals surface area contributed by atoms with Gasteiger partial charge in [-0.05, 0) is 43.5 Å². The van der Waals surface area contributed by atoms with Crippen molar-refractivity contribution in [2.24, 2.45) is 0 Å². The fraction of sp³-hybridized carbons (Fsp3) is 0.538. The maximum Gasteiger partial charge on any atom is 0.317 e. The number of ether oxygens (including phenoxy) is 1. The lowest BCUT2D eigenvalue weighted by Crippen LogP contribution is -2.45. The van der Waals surface area contributed by atoms with Crippen LogP contribution in [0.1, 0.15) is 51.2 Å². The number of aromatic nitrogens is 4. The third-order valence-corrected chi connectivity index (χ3v) is 7.32. The van der Waals surface area contributed by atoms with E-state index in [1.54, 1.807) is 11.3 Å². The summed E-state index contributed by atoms with van der Waals surface area (Å²) in [5.41, 5.74) is 3.09. The summed E-state index contributed by atoms with van der Waals surface area (Å²) in [7, 11) is 0. The van der Waals surface area contributed by atoms with Crippen molar-refractivity contribution in [3.63, 3.8) is 0 Å². The Morgan fingerprint density at radius 1 is 1.00 bits per heavy atom. The molecule has 1 saturated heterocycles. The Labute approximate surface area is 212 Å². The van der Waals surface area contributed by atoms with Crippen LogP contribution in [0.4, 0.5) is 10.9 Å². The van der Waals surface area contributed by atoms with Crippen LogP contribution in [-0.2, 0) is 6.54 Å². The maximum absolute atomic E-state index is 6.03. The molecular weight excluding hydrogens is 458 g/mol. The number of rotatable bonds is 11. The van der Waals surface area contributed by atoms with Crippen LogP contribution in [0.5, 0.6) is 6.01 Å². The zero-order valence-electron chi connectivity index (χ0n) is 21.3. The molecule has 9 heteroatoms. The molecule has 35 heavy (non-hydrogen) atoms. The van der Waals surface area contributed by atoms with Crippen molar-refractivity contribution in [3.8, 4) is 16.6 Å². The van der Waals surface area contributed by atoms with Crippen molar-refractivity contribution in [1.29, 1.82) is 0 Å². The van der Waals surface area contributed by atoms with Gasteiger partial charge in [-0.2, -0.15) is 4.98 Å². The van der Waals surface area contributed by atoms with Crippen LogP contribution in [0.25, 0.3) is 10.6 Å². The second-order valence-corrected chi connectivity index (χ2v) is 10.1. The summed E-state index contributed by atoms with van der Waals surface area (Å²) < 4.78 is 6.03. The van der Waals surface area contributed by atoms with Crippen LogP contribution < -0.4 is 10.1 Å². The van der Waals surface area contributed by atoms with Crippen LogP contribution in [0, 0.1) is 6.92 Å². The van der Waals surface area contributed by atoms with Crippen molar-refractivity contribution < 1.29 is 4.74 Å². The van der Waals surface area contributed by atoms with Gasteiger partial charge in [0, 0.05) is 51.3 Å². The van der Waals surface area contributed by atoms with E-state index in [4.69, 9.17) is 9.72 Å².